The molecule has 0 bridgehead atoms. The highest BCUT2D eigenvalue weighted by Crippen LogP contribution is 2.07. The van der Waals surface area contributed by atoms with Crippen LogP contribution in [0.3, 0.4) is 0 Å². The van der Waals surface area contributed by atoms with Gasteiger partial charge in [-0.2, -0.15) is 0 Å². The monoisotopic (exact) mass is 246 g/mol. The number of aromatic carboxylic acids is 1. The van der Waals surface area contributed by atoms with Crippen molar-refractivity contribution in [3.8, 4) is 12.3 Å². The molecular weight excluding hydrogens is 232 g/mol. The number of nitrogens with one attached hydrogen (secondary N) is 1. The van der Waals surface area contributed by atoms with Gasteiger partial charge in [0, 0.05) is 18.7 Å². The summed E-state index contributed by atoms with van der Waals surface area (Å²) in [6, 6.07) is 2.64. The van der Waals surface area contributed by atoms with E-state index >= 15 is 0 Å². The zero-order valence-corrected chi connectivity index (χ0v) is 10.0. The first-order chi connectivity index (χ1) is 8.60. The van der Waals surface area contributed by atoms with Gasteiger partial charge in [-0.3, -0.25) is 9.78 Å². The first kappa shape index (κ1) is 13.7. The van der Waals surface area contributed by atoms with Gasteiger partial charge in [0.2, 0.25) is 0 Å². The summed E-state index contributed by atoms with van der Waals surface area (Å²) in [4.78, 5) is 26.7. The molecule has 0 saturated carbocycles. The number of hydrogen-bond acceptors (Lipinski definition) is 3. The molecule has 1 atom stereocenters. The van der Waals surface area contributed by atoms with Crippen molar-refractivity contribution in [3.63, 3.8) is 0 Å². The minimum absolute atomic E-state index is 0.0968. The summed E-state index contributed by atoms with van der Waals surface area (Å²) in [6.45, 7) is 1.89. The Balaban J connectivity index is 2.91. The zero-order valence-electron chi connectivity index (χ0n) is 10.0. The summed E-state index contributed by atoms with van der Waals surface area (Å²) in [5.74, 6) is 0.761. The van der Waals surface area contributed by atoms with Crippen LogP contribution in [0.2, 0.25) is 0 Å². The molecule has 1 heterocycles. The van der Waals surface area contributed by atoms with Crippen LogP contribution in [0.25, 0.3) is 0 Å². The molecule has 0 aliphatic rings. The fourth-order valence-electron chi connectivity index (χ4n) is 1.45. The largest absolute Gasteiger partial charge is 0.478 e. The van der Waals surface area contributed by atoms with Crippen molar-refractivity contribution < 1.29 is 14.7 Å². The summed E-state index contributed by atoms with van der Waals surface area (Å²) in [6.07, 6.45) is 7.64. The highest BCUT2D eigenvalue weighted by atomic mass is 16.4. The molecule has 18 heavy (non-hydrogen) atoms. The van der Waals surface area contributed by atoms with Crippen LogP contribution in [-0.4, -0.2) is 28.0 Å². The Morgan fingerprint density at radius 1 is 1.61 bits per heavy atom. The van der Waals surface area contributed by atoms with E-state index in [0.29, 0.717) is 12.8 Å². The van der Waals surface area contributed by atoms with Gasteiger partial charge in [-0.25, -0.2) is 4.79 Å². The summed E-state index contributed by atoms with van der Waals surface area (Å²) in [5.41, 5.74) is -0.217. The van der Waals surface area contributed by atoms with Crippen molar-refractivity contribution in [2.45, 2.75) is 25.8 Å². The maximum Gasteiger partial charge on any atom is 0.338 e. The van der Waals surface area contributed by atoms with E-state index < -0.39 is 11.9 Å². The number of carboxylic acids is 1. The van der Waals surface area contributed by atoms with Gasteiger partial charge in [-0.1, -0.05) is 6.92 Å². The Hall–Kier alpha value is -2.35. The van der Waals surface area contributed by atoms with Crippen LogP contribution in [0.15, 0.2) is 18.3 Å². The molecule has 1 rings (SSSR count). The normalized spacial score (nSPS) is 11.3. The predicted octanol–water partition coefficient (Wildman–Crippen LogP) is 1.31. The number of carboxylic acid groups (broad SMARTS) is 1. The Morgan fingerprint density at radius 3 is 2.89 bits per heavy atom. The van der Waals surface area contributed by atoms with E-state index in [1.807, 2.05) is 6.92 Å². The molecular formula is C13H14N2O3. The topological polar surface area (TPSA) is 79.3 Å². The molecule has 0 saturated heterocycles. The van der Waals surface area contributed by atoms with Crippen LogP contribution >= 0.6 is 0 Å². The second-order valence-electron chi connectivity index (χ2n) is 3.69. The van der Waals surface area contributed by atoms with Crippen molar-refractivity contribution in [2.24, 2.45) is 0 Å². The van der Waals surface area contributed by atoms with Crippen molar-refractivity contribution in [1.29, 1.82) is 0 Å². The second-order valence-corrected chi connectivity index (χ2v) is 3.69. The van der Waals surface area contributed by atoms with E-state index in [1.54, 1.807) is 0 Å². The molecule has 1 aromatic heterocycles. The first-order valence-electron chi connectivity index (χ1n) is 5.52. The van der Waals surface area contributed by atoms with Crippen LogP contribution in [0.4, 0.5) is 0 Å². The third kappa shape index (κ3) is 3.32. The minimum atomic E-state index is -1.18. The highest BCUT2D eigenvalue weighted by molar-refractivity contribution is 6.03. The van der Waals surface area contributed by atoms with E-state index in [-0.39, 0.29) is 17.3 Å². The van der Waals surface area contributed by atoms with Crippen molar-refractivity contribution in [2.75, 3.05) is 0 Å². The number of carbonyl (C=O) groups excluding carboxylic acids is 1. The van der Waals surface area contributed by atoms with Gasteiger partial charge in [-0.05, 0) is 18.6 Å². The minimum Gasteiger partial charge on any atom is -0.478 e. The quantitative estimate of drug-likeness (QED) is 0.768. The molecule has 0 aliphatic heterocycles. The molecule has 0 aromatic carbocycles. The van der Waals surface area contributed by atoms with Crippen molar-refractivity contribution in [3.05, 3.63) is 29.6 Å². The molecule has 0 radical (unpaired) electrons. The molecule has 5 heteroatoms. The maximum atomic E-state index is 11.9. The fraction of sp³-hybridized carbons (Fsp3) is 0.308. The summed E-state index contributed by atoms with van der Waals surface area (Å²) in [7, 11) is 0. The second kappa shape index (κ2) is 6.40. The number of nitrogens with zero attached hydrogens (tertiary/aromatic N) is 1. The highest BCUT2D eigenvalue weighted by Gasteiger charge is 2.19. The number of terminal acetylenes is 1. The summed E-state index contributed by atoms with van der Waals surface area (Å²) >= 11 is 0. The van der Waals surface area contributed by atoms with Gasteiger partial charge in [-0.15, -0.1) is 12.3 Å². The molecule has 1 unspecified atom stereocenters. The Bertz CT molecular complexity index is 491. The molecule has 1 amide bonds. The Kier molecular flexibility index (Phi) is 4.88. The van der Waals surface area contributed by atoms with Gasteiger partial charge < -0.3 is 10.4 Å². The van der Waals surface area contributed by atoms with Crippen LogP contribution in [-0.2, 0) is 0 Å². The van der Waals surface area contributed by atoms with Gasteiger partial charge >= 0.3 is 5.97 Å². The average molecular weight is 246 g/mol. The molecule has 94 valence electrons. The maximum absolute atomic E-state index is 11.9. The van der Waals surface area contributed by atoms with Crippen LogP contribution in [0.1, 0.15) is 40.6 Å². The van der Waals surface area contributed by atoms with Gasteiger partial charge in [0.05, 0.1) is 5.56 Å². The van der Waals surface area contributed by atoms with Crippen LogP contribution in [0.5, 0.6) is 0 Å². The molecule has 5 nitrogen and oxygen atoms in total. The van der Waals surface area contributed by atoms with Crippen molar-refractivity contribution >= 4 is 11.9 Å². The van der Waals surface area contributed by atoms with Gasteiger partial charge in [0.1, 0.15) is 5.69 Å². The lowest BCUT2D eigenvalue weighted by Gasteiger charge is -2.14. The van der Waals surface area contributed by atoms with E-state index in [4.69, 9.17) is 11.5 Å². The van der Waals surface area contributed by atoms with Crippen LogP contribution in [0, 0.1) is 12.3 Å². The summed E-state index contributed by atoms with van der Waals surface area (Å²) in [5, 5.41) is 11.6. The number of carbonyl (C=O) groups is 2. The average Bonchev–Trinajstić information content (AvgIpc) is 2.38. The number of rotatable bonds is 5. The number of pyridine rings is 1. The molecule has 1 aromatic rings. The molecule has 0 fully saturated rings. The third-order valence-corrected chi connectivity index (χ3v) is 2.45. The fourth-order valence-corrected chi connectivity index (χ4v) is 1.45. The number of amides is 1. The lowest BCUT2D eigenvalue weighted by Crippen LogP contribution is -2.35. The smallest absolute Gasteiger partial charge is 0.338 e. The molecule has 0 aliphatic carbocycles. The number of aromatic nitrogens is 1. The lowest BCUT2D eigenvalue weighted by molar-refractivity contribution is 0.0689. The van der Waals surface area contributed by atoms with Crippen LogP contribution < -0.4 is 5.32 Å². The molecule has 2 N–H and O–H groups in total. The summed E-state index contributed by atoms with van der Waals surface area (Å²) < 4.78 is 0. The van der Waals surface area contributed by atoms with Gasteiger partial charge in [0.15, 0.2) is 0 Å². The SMILES string of the molecule is C#CCC(CC)NC(=O)c1ncccc1C(=O)O. The third-order valence-electron chi connectivity index (χ3n) is 2.45. The molecule has 0 spiro atoms. The Labute approximate surface area is 105 Å². The zero-order chi connectivity index (χ0) is 13.5. The van der Waals surface area contributed by atoms with E-state index in [9.17, 15) is 9.59 Å². The first-order valence-corrected chi connectivity index (χ1v) is 5.52. The van der Waals surface area contributed by atoms with E-state index in [1.165, 1.54) is 18.3 Å². The number of hydrogen-bond donors (Lipinski definition) is 2. The van der Waals surface area contributed by atoms with E-state index in [2.05, 4.69) is 16.2 Å². The Morgan fingerprint density at radius 2 is 2.33 bits per heavy atom. The van der Waals surface area contributed by atoms with Gasteiger partial charge in [0.25, 0.3) is 5.91 Å². The lowest BCUT2D eigenvalue weighted by atomic mass is 10.1. The standard InChI is InChI=1S/C13H14N2O3/c1-3-6-9(4-2)15-12(16)11-10(13(17)18)7-5-8-14-11/h1,5,7-9H,4,6H2,2H3,(H,15,16)(H,17,18). The predicted molar refractivity (Wildman–Crippen MR) is 66.2 cm³/mol. The van der Waals surface area contributed by atoms with E-state index in [0.717, 1.165) is 0 Å². The van der Waals surface area contributed by atoms with Crippen molar-refractivity contribution in [1.82, 2.24) is 10.3 Å².